The van der Waals surface area contributed by atoms with Gasteiger partial charge in [0, 0.05) is 6.04 Å². The minimum Gasteiger partial charge on any atom is -0.322 e. The normalized spacial score (nSPS) is 15.8. The van der Waals surface area contributed by atoms with E-state index < -0.39 is 0 Å². The van der Waals surface area contributed by atoms with Crippen LogP contribution in [0.3, 0.4) is 0 Å². The summed E-state index contributed by atoms with van der Waals surface area (Å²) >= 11 is 1.36. The highest BCUT2D eigenvalue weighted by Crippen LogP contribution is 2.26. The Hall–Kier alpha value is -1.41. The van der Waals surface area contributed by atoms with Gasteiger partial charge in [-0.2, -0.15) is 5.26 Å². The summed E-state index contributed by atoms with van der Waals surface area (Å²) in [4.78, 5) is 18.8. The number of hydrogen-bond acceptors (Lipinski definition) is 4. The summed E-state index contributed by atoms with van der Waals surface area (Å²) in [7, 11) is 0. The molecule has 2 rings (SSSR count). The predicted molar refractivity (Wildman–Crippen MR) is 65.8 cm³/mol. The van der Waals surface area contributed by atoms with Gasteiger partial charge in [-0.25, -0.2) is 4.98 Å². The van der Waals surface area contributed by atoms with Gasteiger partial charge in [-0.3, -0.25) is 4.79 Å². The summed E-state index contributed by atoms with van der Waals surface area (Å²) in [6, 6.07) is 2.34. The van der Waals surface area contributed by atoms with Crippen molar-refractivity contribution >= 4 is 17.2 Å². The van der Waals surface area contributed by atoms with Crippen LogP contribution in [-0.4, -0.2) is 28.4 Å². The van der Waals surface area contributed by atoms with Gasteiger partial charge in [-0.1, -0.05) is 12.8 Å². The zero-order valence-corrected chi connectivity index (χ0v) is 10.7. The number of nitrogens with zero attached hydrogens (tertiary/aromatic N) is 3. The molecule has 4 nitrogen and oxygen atoms in total. The number of thiazole rings is 1. The third kappa shape index (κ3) is 2.47. The molecule has 90 valence electrons. The van der Waals surface area contributed by atoms with Crippen LogP contribution in [0.2, 0.25) is 0 Å². The van der Waals surface area contributed by atoms with E-state index >= 15 is 0 Å². The molecular weight excluding hydrogens is 234 g/mol. The molecule has 0 atom stereocenters. The van der Waals surface area contributed by atoms with Crippen molar-refractivity contribution in [3.63, 3.8) is 0 Å². The highest BCUT2D eigenvalue weighted by Gasteiger charge is 2.28. The maximum atomic E-state index is 12.3. The SMILES string of the molecule is Cc1ncsc1C(=O)N(CC#N)C1CCCC1. The van der Waals surface area contributed by atoms with Crippen molar-refractivity contribution in [2.24, 2.45) is 0 Å². The minimum absolute atomic E-state index is 0.0292. The Morgan fingerprint density at radius 1 is 1.65 bits per heavy atom. The number of carbonyl (C=O) groups excluding carboxylic acids is 1. The Morgan fingerprint density at radius 2 is 2.35 bits per heavy atom. The average Bonchev–Trinajstić information content (AvgIpc) is 2.95. The fourth-order valence-corrected chi connectivity index (χ4v) is 3.05. The minimum atomic E-state index is -0.0292. The lowest BCUT2D eigenvalue weighted by Crippen LogP contribution is -2.39. The van der Waals surface area contributed by atoms with E-state index in [4.69, 9.17) is 5.26 Å². The first-order valence-electron chi connectivity index (χ1n) is 5.82. The van der Waals surface area contributed by atoms with E-state index in [9.17, 15) is 4.79 Å². The summed E-state index contributed by atoms with van der Waals surface area (Å²) in [5, 5.41) is 8.86. The summed E-state index contributed by atoms with van der Waals surface area (Å²) < 4.78 is 0. The van der Waals surface area contributed by atoms with E-state index in [1.165, 1.54) is 11.3 Å². The molecule has 0 N–H and O–H groups in total. The van der Waals surface area contributed by atoms with Gasteiger partial charge in [-0.05, 0) is 19.8 Å². The zero-order chi connectivity index (χ0) is 12.3. The fourth-order valence-electron chi connectivity index (χ4n) is 2.30. The Kier molecular flexibility index (Phi) is 3.75. The van der Waals surface area contributed by atoms with Crippen LogP contribution in [0.15, 0.2) is 5.51 Å². The van der Waals surface area contributed by atoms with Crippen molar-refractivity contribution < 1.29 is 4.79 Å². The van der Waals surface area contributed by atoms with Crippen molar-refractivity contribution in [3.8, 4) is 6.07 Å². The summed E-state index contributed by atoms with van der Waals surface area (Å²) in [6.07, 6.45) is 4.35. The molecule has 0 saturated heterocycles. The summed E-state index contributed by atoms with van der Waals surface area (Å²) in [5.74, 6) is -0.0292. The first kappa shape index (κ1) is 12.1. The summed E-state index contributed by atoms with van der Waals surface area (Å²) in [6.45, 7) is 2.02. The number of rotatable bonds is 3. The lowest BCUT2D eigenvalue weighted by atomic mass is 10.2. The first-order chi connectivity index (χ1) is 8.24. The first-order valence-corrected chi connectivity index (χ1v) is 6.70. The second kappa shape index (κ2) is 5.28. The van der Waals surface area contributed by atoms with Crippen molar-refractivity contribution in [3.05, 3.63) is 16.1 Å². The second-order valence-corrected chi connectivity index (χ2v) is 5.15. The molecule has 1 aliphatic rings. The molecule has 5 heteroatoms. The molecule has 1 heterocycles. The maximum Gasteiger partial charge on any atom is 0.266 e. The lowest BCUT2D eigenvalue weighted by Gasteiger charge is -2.25. The molecule has 0 aliphatic heterocycles. The molecule has 1 aromatic heterocycles. The van der Waals surface area contributed by atoms with Crippen molar-refractivity contribution in [1.82, 2.24) is 9.88 Å². The van der Waals surface area contributed by atoms with E-state index in [2.05, 4.69) is 11.1 Å². The predicted octanol–water partition coefficient (Wildman–Crippen LogP) is 2.36. The third-order valence-electron chi connectivity index (χ3n) is 3.21. The number of aromatic nitrogens is 1. The Labute approximate surface area is 105 Å². The number of amides is 1. The quantitative estimate of drug-likeness (QED) is 0.773. The topological polar surface area (TPSA) is 57.0 Å². The van der Waals surface area contributed by atoms with E-state index in [1.807, 2.05) is 6.92 Å². The Balaban J connectivity index is 2.19. The second-order valence-electron chi connectivity index (χ2n) is 4.30. The molecular formula is C12H15N3OS. The van der Waals surface area contributed by atoms with Crippen molar-refractivity contribution in [2.45, 2.75) is 38.6 Å². The molecule has 1 aromatic rings. The Bertz CT molecular complexity index is 443. The highest BCUT2D eigenvalue weighted by atomic mass is 32.1. The lowest BCUT2D eigenvalue weighted by molar-refractivity contribution is 0.0713. The average molecular weight is 249 g/mol. The van der Waals surface area contributed by atoms with Gasteiger partial charge < -0.3 is 4.90 Å². The van der Waals surface area contributed by atoms with Gasteiger partial charge in [0.25, 0.3) is 5.91 Å². The number of aryl methyl sites for hydroxylation is 1. The standard InChI is InChI=1S/C12H15N3OS/c1-9-11(17-8-14-9)12(16)15(7-6-13)10-4-2-3-5-10/h8,10H,2-5,7H2,1H3. The van der Waals surface area contributed by atoms with Crippen molar-refractivity contribution in [2.75, 3.05) is 6.54 Å². The van der Waals surface area contributed by atoms with E-state index in [1.54, 1.807) is 10.4 Å². The van der Waals surface area contributed by atoms with Crippen LogP contribution in [0.1, 0.15) is 41.0 Å². The van der Waals surface area contributed by atoms with E-state index in [0.717, 1.165) is 31.4 Å². The smallest absolute Gasteiger partial charge is 0.266 e. The number of carbonyl (C=O) groups is 1. The molecule has 1 fully saturated rings. The van der Waals surface area contributed by atoms with Crippen LogP contribution >= 0.6 is 11.3 Å². The van der Waals surface area contributed by atoms with E-state index in [0.29, 0.717) is 4.88 Å². The molecule has 0 aromatic carbocycles. The van der Waals surface area contributed by atoms with Gasteiger partial charge in [-0.15, -0.1) is 11.3 Å². The van der Waals surface area contributed by atoms with Gasteiger partial charge in [0.05, 0.1) is 17.3 Å². The Morgan fingerprint density at radius 3 is 2.88 bits per heavy atom. The van der Waals surface area contributed by atoms with Crippen LogP contribution in [-0.2, 0) is 0 Å². The van der Waals surface area contributed by atoms with Gasteiger partial charge in [0.1, 0.15) is 11.4 Å². The van der Waals surface area contributed by atoms with Gasteiger partial charge in [0.15, 0.2) is 0 Å². The number of hydrogen-bond donors (Lipinski definition) is 0. The van der Waals surface area contributed by atoms with Crippen LogP contribution in [0.4, 0.5) is 0 Å². The zero-order valence-electron chi connectivity index (χ0n) is 9.85. The summed E-state index contributed by atoms with van der Waals surface area (Å²) in [5.41, 5.74) is 2.45. The van der Waals surface area contributed by atoms with Crippen LogP contribution < -0.4 is 0 Å². The maximum absolute atomic E-state index is 12.3. The molecule has 0 unspecified atom stereocenters. The molecule has 1 amide bonds. The number of nitriles is 1. The molecule has 1 aliphatic carbocycles. The largest absolute Gasteiger partial charge is 0.322 e. The van der Waals surface area contributed by atoms with Crippen LogP contribution in [0.25, 0.3) is 0 Å². The van der Waals surface area contributed by atoms with Crippen molar-refractivity contribution in [1.29, 1.82) is 5.26 Å². The van der Waals surface area contributed by atoms with Crippen LogP contribution in [0, 0.1) is 18.3 Å². The molecule has 1 saturated carbocycles. The highest BCUT2D eigenvalue weighted by molar-refractivity contribution is 7.11. The molecule has 0 spiro atoms. The van der Waals surface area contributed by atoms with Gasteiger partial charge >= 0.3 is 0 Å². The molecule has 0 bridgehead atoms. The fraction of sp³-hybridized carbons (Fsp3) is 0.583. The van der Waals surface area contributed by atoms with Crippen LogP contribution in [0.5, 0.6) is 0 Å². The monoisotopic (exact) mass is 249 g/mol. The molecule has 17 heavy (non-hydrogen) atoms. The van der Waals surface area contributed by atoms with E-state index in [-0.39, 0.29) is 18.5 Å². The molecule has 0 radical (unpaired) electrons. The van der Waals surface area contributed by atoms with Gasteiger partial charge in [0.2, 0.25) is 0 Å². The third-order valence-corrected chi connectivity index (χ3v) is 4.12.